The van der Waals surface area contributed by atoms with Gasteiger partial charge in [0.1, 0.15) is 0 Å². The zero-order valence-electron chi connectivity index (χ0n) is 16.4. The summed E-state index contributed by atoms with van der Waals surface area (Å²) in [6.45, 7) is 3.20. The Balaban J connectivity index is 2.16. The van der Waals surface area contributed by atoms with Gasteiger partial charge in [0.2, 0.25) is 5.91 Å². The second-order valence-corrected chi connectivity index (χ2v) is 7.77. The molecule has 0 aromatic heterocycles. The number of rotatable bonds is 9. The molecule has 1 saturated carbocycles. The molecule has 0 aromatic rings. The molecule has 0 unspecified atom stereocenters. The minimum atomic E-state index is -0.692. The number of thioether (sulfide) groups is 1. The van der Waals surface area contributed by atoms with Gasteiger partial charge in [-0.15, -0.1) is 11.8 Å². The van der Waals surface area contributed by atoms with Crippen molar-refractivity contribution in [3.05, 3.63) is 0 Å². The molecule has 0 heterocycles. The summed E-state index contributed by atoms with van der Waals surface area (Å²) in [4.78, 5) is 48.6. The number of nitrogens with one attached hydrogen (secondary N) is 2. The molecule has 1 fully saturated rings. The number of nitrogens with zero attached hydrogens (tertiary/aromatic N) is 1. The quantitative estimate of drug-likeness (QED) is 0.570. The summed E-state index contributed by atoms with van der Waals surface area (Å²) in [5.74, 6) is -1.10. The zero-order valence-corrected chi connectivity index (χ0v) is 17.2. The first kappa shape index (κ1) is 23.3. The molecule has 1 aliphatic rings. The highest BCUT2D eigenvalue weighted by molar-refractivity contribution is 8.00. The smallest absolute Gasteiger partial charge is 0.321 e. The predicted octanol–water partition coefficient (Wildman–Crippen LogP) is 1.68. The van der Waals surface area contributed by atoms with Gasteiger partial charge in [-0.2, -0.15) is 0 Å². The van der Waals surface area contributed by atoms with Crippen molar-refractivity contribution in [2.24, 2.45) is 0 Å². The van der Waals surface area contributed by atoms with Crippen LogP contribution in [-0.2, 0) is 19.1 Å². The summed E-state index contributed by atoms with van der Waals surface area (Å²) in [5.41, 5.74) is 0. The minimum Gasteiger partial charge on any atom is -0.455 e. The molecule has 1 rings (SSSR count). The molecule has 9 heteroatoms. The van der Waals surface area contributed by atoms with Crippen LogP contribution in [0.1, 0.15) is 52.4 Å². The van der Waals surface area contributed by atoms with E-state index < -0.39 is 24.5 Å². The molecular weight excluding hydrogens is 370 g/mol. The van der Waals surface area contributed by atoms with Gasteiger partial charge in [0.05, 0.1) is 11.5 Å². The van der Waals surface area contributed by atoms with Gasteiger partial charge in [-0.3, -0.25) is 19.7 Å². The van der Waals surface area contributed by atoms with E-state index in [0.29, 0.717) is 6.04 Å². The number of carbonyl (C=O) groups excluding carboxylic acids is 4. The van der Waals surface area contributed by atoms with Crippen LogP contribution in [0.15, 0.2) is 0 Å². The Labute approximate surface area is 165 Å². The standard InChI is InChI=1S/C18H31N3O5S/c1-4-13(2)19-18(25)20-15(22)10-26-17(24)12-27-11-16(23)21(3)14-8-6-5-7-9-14/h13-14H,4-12H2,1-3H3,(H2,19,20,22,25)/t13-/m1/s1. The number of urea groups is 1. The van der Waals surface area contributed by atoms with E-state index in [1.807, 2.05) is 20.9 Å². The second kappa shape index (κ2) is 12.6. The van der Waals surface area contributed by atoms with E-state index >= 15 is 0 Å². The Hall–Kier alpha value is -1.77. The number of hydrogen-bond donors (Lipinski definition) is 2. The summed E-state index contributed by atoms with van der Waals surface area (Å²) in [6.07, 6.45) is 6.34. The van der Waals surface area contributed by atoms with Crippen LogP contribution in [0.2, 0.25) is 0 Å². The van der Waals surface area contributed by atoms with Crippen LogP contribution in [-0.4, -0.2) is 66.0 Å². The number of imide groups is 1. The van der Waals surface area contributed by atoms with Crippen molar-refractivity contribution >= 4 is 35.6 Å². The number of esters is 1. The van der Waals surface area contributed by atoms with Crippen LogP contribution in [0.4, 0.5) is 4.79 Å². The summed E-state index contributed by atoms with van der Waals surface area (Å²) in [5, 5.41) is 4.67. The fourth-order valence-corrected chi connectivity index (χ4v) is 3.44. The number of ether oxygens (including phenoxy) is 1. The van der Waals surface area contributed by atoms with Gasteiger partial charge in [0, 0.05) is 19.1 Å². The molecule has 8 nitrogen and oxygen atoms in total. The van der Waals surface area contributed by atoms with E-state index in [1.54, 1.807) is 4.90 Å². The van der Waals surface area contributed by atoms with Gasteiger partial charge in [-0.1, -0.05) is 26.2 Å². The molecule has 4 amide bonds. The van der Waals surface area contributed by atoms with Gasteiger partial charge in [0.25, 0.3) is 5.91 Å². The van der Waals surface area contributed by atoms with E-state index in [9.17, 15) is 19.2 Å². The van der Waals surface area contributed by atoms with Crippen LogP contribution < -0.4 is 10.6 Å². The molecule has 2 N–H and O–H groups in total. The van der Waals surface area contributed by atoms with Crippen molar-refractivity contribution in [1.82, 2.24) is 15.5 Å². The van der Waals surface area contributed by atoms with Crippen LogP contribution >= 0.6 is 11.8 Å². The first-order valence-electron chi connectivity index (χ1n) is 9.42. The molecule has 0 radical (unpaired) electrons. The lowest BCUT2D eigenvalue weighted by Crippen LogP contribution is -2.44. The maximum absolute atomic E-state index is 12.2. The molecule has 0 saturated heterocycles. The van der Waals surface area contributed by atoms with Crippen LogP contribution in [0.3, 0.4) is 0 Å². The maximum Gasteiger partial charge on any atom is 0.321 e. The number of amides is 4. The Morgan fingerprint density at radius 2 is 1.81 bits per heavy atom. The van der Waals surface area contributed by atoms with Gasteiger partial charge in [0.15, 0.2) is 6.61 Å². The van der Waals surface area contributed by atoms with E-state index in [0.717, 1.165) is 43.9 Å². The summed E-state index contributed by atoms with van der Waals surface area (Å²) >= 11 is 1.16. The lowest BCUT2D eigenvalue weighted by atomic mass is 9.94. The van der Waals surface area contributed by atoms with E-state index in [1.165, 1.54) is 6.42 Å². The van der Waals surface area contributed by atoms with E-state index in [-0.39, 0.29) is 23.5 Å². The average Bonchev–Trinajstić information content (AvgIpc) is 2.66. The number of carbonyl (C=O) groups is 4. The molecule has 27 heavy (non-hydrogen) atoms. The third kappa shape index (κ3) is 9.65. The molecule has 0 bridgehead atoms. The molecule has 1 atom stereocenters. The predicted molar refractivity (Wildman–Crippen MR) is 104 cm³/mol. The topological polar surface area (TPSA) is 105 Å². The van der Waals surface area contributed by atoms with Crippen molar-refractivity contribution in [1.29, 1.82) is 0 Å². The maximum atomic E-state index is 12.2. The fourth-order valence-electron chi connectivity index (χ4n) is 2.71. The lowest BCUT2D eigenvalue weighted by molar-refractivity contribution is -0.145. The molecular formula is C18H31N3O5S. The third-order valence-electron chi connectivity index (χ3n) is 4.57. The second-order valence-electron chi connectivity index (χ2n) is 6.78. The van der Waals surface area contributed by atoms with E-state index in [4.69, 9.17) is 4.74 Å². The van der Waals surface area contributed by atoms with E-state index in [2.05, 4.69) is 10.6 Å². The summed E-state index contributed by atoms with van der Waals surface area (Å²) in [7, 11) is 1.81. The van der Waals surface area contributed by atoms with Gasteiger partial charge in [-0.25, -0.2) is 4.79 Å². The average molecular weight is 402 g/mol. The highest BCUT2D eigenvalue weighted by atomic mass is 32.2. The lowest BCUT2D eigenvalue weighted by Gasteiger charge is -2.31. The zero-order chi connectivity index (χ0) is 20.2. The Morgan fingerprint density at radius 1 is 1.15 bits per heavy atom. The molecule has 0 spiro atoms. The van der Waals surface area contributed by atoms with Gasteiger partial charge >= 0.3 is 12.0 Å². The molecule has 1 aliphatic carbocycles. The summed E-state index contributed by atoms with van der Waals surface area (Å²) < 4.78 is 4.82. The monoisotopic (exact) mass is 401 g/mol. The van der Waals surface area contributed by atoms with Crippen molar-refractivity contribution in [3.63, 3.8) is 0 Å². The minimum absolute atomic E-state index is 0.000780. The van der Waals surface area contributed by atoms with Crippen LogP contribution in [0, 0.1) is 0 Å². The third-order valence-corrected chi connectivity index (χ3v) is 5.46. The van der Waals surface area contributed by atoms with Crippen molar-refractivity contribution < 1.29 is 23.9 Å². The van der Waals surface area contributed by atoms with Crippen molar-refractivity contribution in [3.8, 4) is 0 Å². The van der Waals surface area contributed by atoms with Crippen molar-refractivity contribution in [2.45, 2.75) is 64.5 Å². The number of hydrogen-bond acceptors (Lipinski definition) is 6. The molecule has 0 aliphatic heterocycles. The van der Waals surface area contributed by atoms with Crippen LogP contribution in [0.25, 0.3) is 0 Å². The molecule has 154 valence electrons. The molecule has 0 aromatic carbocycles. The first-order chi connectivity index (χ1) is 12.8. The fraction of sp³-hybridized carbons (Fsp3) is 0.778. The highest BCUT2D eigenvalue weighted by Gasteiger charge is 2.22. The first-order valence-corrected chi connectivity index (χ1v) is 10.6. The van der Waals surface area contributed by atoms with Gasteiger partial charge in [-0.05, 0) is 26.2 Å². The SMILES string of the molecule is CC[C@@H](C)NC(=O)NC(=O)COC(=O)CSCC(=O)N(C)C1CCCCC1. The Morgan fingerprint density at radius 3 is 2.44 bits per heavy atom. The van der Waals surface area contributed by atoms with Crippen molar-refractivity contribution in [2.75, 3.05) is 25.2 Å². The van der Waals surface area contributed by atoms with Crippen LogP contribution in [0.5, 0.6) is 0 Å². The highest BCUT2D eigenvalue weighted by Crippen LogP contribution is 2.22. The Bertz CT molecular complexity index is 523. The Kier molecular flexibility index (Phi) is 10.8. The van der Waals surface area contributed by atoms with Gasteiger partial charge < -0.3 is 15.0 Å². The largest absolute Gasteiger partial charge is 0.455 e. The normalized spacial score (nSPS) is 15.5. The summed E-state index contributed by atoms with van der Waals surface area (Å²) in [6, 6.07) is -0.374.